The summed E-state index contributed by atoms with van der Waals surface area (Å²) >= 11 is 0. The lowest BCUT2D eigenvalue weighted by molar-refractivity contribution is -0.130. The molecule has 2 rings (SSSR count). The number of benzene rings is 1. The van der Waals surface area contributed by atoms with Gasteiger partial charge < -0.3 is 15.1 Å². The third-order valence-electron chi connectivity index (χ3n) is 4.40. The highest BCUT2D eigenvalue weighted by Gasteiger charge is 2.19. The summed E-state index contributed by atoms with van der Waals surface area (Å²) in [5.74, 6) is -0.111. The van der Waals surface area contributed by atoms with Crippen LogP contribution in [0.4, 0.5) is 0 Å². The minimum atomic E-state index is -0.142. The minimum Gasteiger partial charge on any atom is -0.351 e. The Hall–Kier alpha value is -2.41. The van der Waals surface area contributed by atoms with Crippen LogP contribution in [0.1, 0.15) is 28.8 Å². The summed E-state index contributed by atoms with van der Waals surface area (Å²) in [6.45, 7) is 2.42. The number of hydrogen-bond donors (Lipinski definition) is 1. The number of likely N-dealkylation sites (tertiary alicyclic amines) is 1. The molecule has 1 aliphatic heterocycles. The van der Waals surface area contributed by atoms with E-state index in [-0.39, 0.29) is 30.8 Å². The fourth-order valence-corrected chi connectivity index (χ4v) is 2.80. The number of hydrogen-bond acceptors (Lipinski definition) is 4. The Morgan fingerprint density at radius 2 is 1.62 bits per heavy atom. The van der Waals surface area contributed by atoms with Gasteiger partial charge in [0.15, 0.2) is 0 Å². The van der Waals surface area contributed by atoms with E-state index in [2.05, 4.69) is 5.32 Å². The van der Waals surface area contributed by atoms with Crippen LogP contribution < -0.4 is 5.32 Å². The van der Waals surface area contributed by atoms with Crippen LogP contribution in [0.25, 0.3) is 0 Å². The van der Waals surface area contributed by atoms with Crippen molar-refractivity contribution in [2.75, 3.05) is 47.3 Å². The Morgan fingerprint density at radius 3 is 2.19 bits per heavy atom. The Kier molecular flexibility index (Phi) is 7.15. The third-order valence-corrected chi connectivity index (χ3v) is 4.40. The Bertz CT molecular complexity index is 637. The normalized spacial score (nSPS) is 13.8. The number of nitrogens with zero attached hydrogens (tertiary/aromatic N) is 3. The molecular weight excluding hydrogens is 332 g/mol. The SMILES string of the molecule is CN(CC(=O)NCc1ccc(C(=O)N2CCCC2)cc1)CC(=O)N(C)C. The molecule has 1 aromatic carbocycles. The average Bonchev–Trinajstić information content (AvgIpc) is 3.14. The predicted molar refractivity (Wildman–Crippen MR) is 99.6 cm³/mol. The van der Waals surface area contributed by atoms with Gasteiger partial charge >= 0.3 is 0 Å². The van der Waals surface area contributed by atoms with E-state index in [1.54, 1.807) is 26.0 Å². The van der Waals surface area contributed by atoms with Gasteiger partial charge in [-0.3, -0.25) is 19.3 Å². The summed E-state index contributed by atoms with van der Waals surface area (Å²) in [4.78, 5) is 41.0. The minimum absolute atomic E-state index is 0.0430. The fourth-order valence-electron chi connectivity index (χ4n) is 2.80. The van der Waals surface area contributed by atoms with Crippen LogP contribution in [0.5, 0.6) is 0 Å². The van der Waals surface area contributed by atoms with Crippen molar-refractivity contribution in [2.45, 2.75) is 19.4 Å². The number of carbonyl (C=O) groups is 3. The summed E-state index contributed by atoms with van der Waals surface area (Å²) in [5, 5.41) is 2.84. The highest BCUT2D eigenvalue weighted by atomic mass is 16.2. The molecule has 0 unspecified atom stereocenters. The molecule has 7 nitrogen and oxygen atoms in total. The van der Waals surface area contributed by atoms with Crippen molar-refractivity contribution in [3.05, 3.63) is 35.4 Å². The second-order valence-corrected chi connectivity index (χ2v) is 6.93. The van der Waals surface area contributed by atoms with Crippen molar-refractivity contribution in [3.63, 3.8) is 0 Å². The molecule has 0 bridgehead atoms. The van der Waals surface area contributed by atoms with Gasteiger partial charge in [0.05, 0.1) is 13.1 Å². The van der Waals surface area contributed by atoms with E-state index in [9.17, 15) is 14.4 Å². The molecule has 0 aromatic heterocycles. The van der Waals surface area contributed by atoms with E-state index in [0.717, 1.165) is 31.5 Å². The molecule has 0 atom stereocenters. The molecule has 1 fully saturated rings. The lowest BCUT2D eigenvalue weighted by Gasteiger charge is -2.18. The number of nitrogens with one attached hydrogen (secondary N) is 1. The van der Waals surface area contributed by atoms with Gasteiger partial charge in [-0.15, -0.1) is 0 Å². The predicted octanol–water partition coefficient (Wildman–Crippen LogP) is 0.559. The zero-order valence-corrected chi connectivity index (χ0v) is 15.8. The van der Waals surface area contributed by atoms with E-state index in [1.807, 2.05) is 29.2 Å². The first-order chi connectivity index (χ1) is 12.4. The van der Waals surface area contributed by atoms with E-state index < -0.39 is 0 Å². The quantitative estimate of drug-likeness (QED) is 0.771. The van der Waals surface area contributed by atoms with Crippen LogP contribution in [-0.2, 0) is 16.1 Å². The van der Waals surface area contributed by atoms with Gasteiger partial charge in [-0.25, -0.2) is 0 Å². The van der Waals surface area contributed by atoms with Crippen LogP contribution in [0.2, 0.25) is 0 Å². The first-order valence-corrected chi connectivity index (χ1v) is 8.90. The lowest BCUT2D eigenvalue weighted by Crippen LogP contribution is -2.40. The molecule has 142 valence electrons. The average molecular weight is 360 g/mol. The molecule has 1 aliphatic rings. The topological polar surface area (TPSA) is 73.0 Å². The summed E-state index contributed by atoms with van der Waals surface area (Å²) < 4.78 is 0. The van der Waals surface area contributed by atoms with Gasteiger partial charge in [0.25, 0.3) is 5.91 Å². The van der Waals surface area contributed by atoms with Crippen LogP contribution in [0.3, 0.4) is 0 Å². The highest BCUT2D eigenvalue weighted by molar-refractivity contribution is 5.94. The number of likely N-dealkylation sites (N-methyl/N-ethyl adjacent to an activating group) is 2. The molecule has 7 heteroatoms. The van der Waals surface area contributed by atoms with Gasteiger partial charge in [-0.05, 0) is 37.6 Å². The zero-order valence-electron chi connectivity index (χ0n) is 15.8. The largest absolute Gasteiger partial charge is 0.351 e. The van der Waals surface area contributed by atoms with Gasteiger partial charge in [0.2, 0.25) is 11.8 Å². The molecule has 0 spiro atoms. The molecule has 0 saturated carbocycles. The molecule has 26 heavy (non-hydrogen) atoms. The standard InChI is InChI=1S/C19H28N4O3/c1-21(2)18(25)14-22(3)13-17(24)20-12-15-6-8-16(9-7-15)19(26)23-10-4-5-11-23/h6-9H,4-5,10-14H2,1-3H3,(H,20,24). The van der Waals surface area contributed by atoms with Gasteiger partial charge in [-0.2, -0.15) is 0 Å². The zero-order chi connectivity index (χ0) is 19.1. The second kappa shape index (κ2) is 9.33. The third kappa shape index (κ3) is 5.84. The summed E-state index contributed by atoms with van der Waals surface area (Å²) in [7, 11) is 5.11. The maximum atomic E-state index is 12.3. The number of rotatable bonds is 7. The van der Waals surface area contributed by atoms with Crippen LogP contribution in [0, 0.1) is 0 Å². The maximum Gasteiger partial charge on any atom is 0.253 e. The van der Waals surface area contributed by atoms with Crippen molar-refractivity contribution in [1.82, 2.24) is 20.0 Å². The molecule has 0 aliphatic carbocycles. The van der Waals surface area contributed by atoms with Crippen molar-refractivity contribution >= 4 is 17.7 Å². The summed E-state index contributed by atoms with van der Waals surface area (Å²) in [5.41, 5.74) is 1.62. The molecule has 1 N–H and O–H groups in total. The Balaban J connectivity index is 1.77. The van der Waals surface area contributed by atoms with Gasteiger partial charge in [0, 0.05) is 39.3 Å². The molecule has 3 amide bonds. The van der Waals surface area contributed by atoms with E-state index in [0.29, 0.717) is 12.1 Å². The first-order valence-electron chi connectivity index (χ1n) is 8.90. The first kappa shape index (κ1) is 19.9. The van der Waals surface area contributed by atoms with Crippen molar-refractivity contribution in [1.29, 1.82) is 0 Å². The smallest absolute Gasteiger partial charge is 0.253 e. The highest BCUT2D eigenvalue weighted by Crippen LogP contribution is 2.13. The van der Waals surface area contributed by atoms with Gasteiger partial charge in [-0.1, -0.05) is 12.1 Å². The van der Waals surface area contributed by atoms with E-state index >= 15 is 0 Å². The fraction of sp³-hybridized carbons (Fsp3) is 0.526. The Labute approximate surface area is 154 Å². The maximum absolute atomic E-state index is 12.3. The van der Waals surface area contributed by atoms with Crippen LogP contribution in [-0.4, -0.2) is 79.7 Å². The lowest BCUT2D eigenvalue weighted by atomic mass is 10.1. The molecule has 1 aromatic rings. The Morgan fingerprint density at radius 1 is 1.00 bits per heavy atom. The van der Waals surface area contributed by atoms with Crippen molar-refractivity contribution in [3.8, 4) is 0 Å². The monoisotopic (exact) mass is 360 g/mol. The van der Waals surface area contributed by atoms with Crippen molar-refractivity contribution in [2.24, 2.45) is 0 Å². The molecule has 0 radical (unpaired) electrons. The molecule has 1 heterocycles. The molecule has 1 saturated heterocycles. The van der Waals surface area contributed by atoms with Crippen LogP contribution in [0.15, 0.2) is 24.3 Å². The van der Waals surface area contributed by atoms with E-state index in [1.165, 1.54) is 4.90 Å². The van der Waals surface area contributed by atoms with Crippen LogP contribution >= 0.6 is 0 Å². The summed E-state index contributed by atoms with van der Waals surface area (Å²) in [6, 6.07) is 7.35. The van der Waals surface area contributed by atoms with E-state index in [4.69, 9.17) is 0 Å². The van der Waals surface area contributed by atoms with Crippen molar-refractivity contribution < 1.29 is 14.4 Å². The number of carbonyl (C=O) groups excluding carboxylic acids is 3. The number of amides is 3. The second-order valence-electron chi connectivity index (χ2n) is 6.93. The van der Waals surface area contributed by atoms with Gasteiger partial charge in [0.1, 0.15) is 0 Å². The summed E-state index contributed by atoms with van der Waals surface area (Å²) in [6.07, 6.45) is 2.15. The molecular formula is C19H28N4O3.